The molecule has 1 aromatic rings. The van der Waals surface area contributed by atoms with Crippen LogP contribution in [0.4, 0.5) is 0 Å². The SMILES string of the molecule is CN=C(NCC1COc2ccccc21)NC1CC1. The predicted molar refractivity (Wildman–Crippen MR) is 72.2 cm³/mol. The Hall–Kier alpha value is -1.71. The lowest BCUT2D eigenvalue weighted by molar-refractivity contribution is 0.330. The molecule has 1 aliphatic heterocycles. The molecule has 1 unspecified atom stereocenters. The van der Waals surface area contributed by atoms with Crippen molar-refractivity contribution < 1.29 is 4.74 Å². The van der Waals surface area contributed by atoms with Gasteiger partial charge in [-0.3, -0.25) is 4.99 Å². The maximum absolute atomic E-state index is 5.67. The van der Waals surface area contributed by atoms with Crippen LogP contribution in [-0.4, -0.2) is 32.2 Å². The van der Waals surface area contributed by atoms with Crippen LogP contribution in [0.2, 0.25) is 0 Å². The first-order valence-corrected chi connectivity index (χ1v) is 6.55. The summed E-state index contributed by atoms with van der Waals surface area (Å²) in [5.41, 5.74) is 1.30. The Morgan fingerprint density at radius 2 is 2.22 bits per heavy atom. The van der Waals surface area contributed by atoms with Crippen molar-refractivity contribution in [1.82, 2.24) is 10.6 Å². The summed E-state index contributed by atoms with van der Waals surface area (Å²) in [6.07, 6.45) is 2.52. The Morgan fingerprint density at radius 3 is 3.00 bits per heavy atom. The molecule has 1 aliphatic carbocycles. The van der Waals surface area contributed by atoms with Crippen molar-refractivity contribution >= 4 is 5.96 Å². The molecule has 0 bridgehead atoms. The minimum Gasteiger partial charge on any atom is -0.493 e. The van der Waals surface area contributed by atoms with Crippen molar-refractivity contribution in [2.24, 2.45) is 4.99 Å². The fraction of sp³-hybridized carbons (Fsp3) is 0.500. The number of rotatable bonds is 3. The highest BCUT2D eigenvalue weighted by molar-refractivity contribution is 5.80. The van der Waals surface area contributed by atoms with Gasteiger partial charge in [0.1, 0.15) is 5.75 Å². The van der Waals surface area contributed by atoms with Crippen LogP contribution in [0.5, 0.6) is 5.75 Å². The quantitative estimate of drug-likeness (QED) is 0.626. The van der Waals surface area contributed by atoms with E-state index in [9.17, 15) is 0 Å². The van der Waals surface area contributed by atoms with E-state index in [-0.39, 0.29) is 0 Å². The van der Waals surface area contributed by atoms with Gasteiger partial charge in [-0.2, -0.15) is 0 Å². The maximum Gasteiger partial charge on any atom is 0.191 e. The second kappa shape index (κ2) is 4.88. The topological polar surface area (TPSA) is 45.7 Å². The molecular formula is C14H19N3O. The second-order valence-corrected chi connectivity index (χ2v) is 4.92. The lowest BCUT2D eigenvalue weighted by Gasteiger charge is -2.14. The first-order valence-electron chi connectivity index (χ1n) is 6.55. The third kappa shape index (κ3) is 2.42. The normalized spacial score (nSPS) is 22.3. The number of hydrogen-bond acceptors (Lipinski definition) is 2. The molecule has 1 saturated carbocycles. The molecule has 96 valence electrons. The van der Waals surface area contributed by atoms with Gasteiger partial charge in [0, 0.05) is 31.1 Å². The molecule has 0 amide bonds. The summed E-state index contributed by atoms with van der Waals surface area (Å²) in [7, 11) is 1.82. The van der Waals surface area contributed by atoms with Crippen molar-refractivity contribution in [2.75, 3.05) is 20.2 Å². The highest BCUT2D eigenvalue weighted by Crippen LogP contribution is 2.32. The van der Waals surface area contributed by atoms with E-state index in [2.05, 4.69) is 27.8 Å². The van der Waals surface area contributed by atoms with Crippen molar-refractivity contribution in [3.05, 3.63) is 29.8 Å². The summed E-state index contributed by atoms with van der Waals surface area (Å²) in [4.78, 5) is 4.24. The minimum atomic E-state index is 0.416. The molecule has 0 spiro atoms. The van der Waals surface area contributed by atoms with Crippen molar-refractivity contribution in [2.45, 2.75) is 24.8 Å². The number of guanidine groups is 1. The molecule has 4 nitrogen and oxygen atoms in total. The molecule has 1 heterocycles. The second-order valence-electron chi connectivity index (χ2n) is 4.92. The van der Waals surface area contributed by atoms with Crippen LogP contribution in [0.3, 0.4) is 0 Å². The van der Waals surface area contributed by atoms with Gasteiger partial charge in [0.25, 0.3) is 0 Å². The molecule has 0 saturated heterocycles. The average molecular weight is 245 g/mol. The number of fused-ring (bicyclic) bond motifs is 1. The maximum atomic E-state index is 5.67. The molecule has 3 rings (SSSR count). The first-order chi connectivity index (χ1) is 8.86. The summed E-state index contributed by atoms with van der Waals surface area (Å²) >= 11 is 0. The van der Waals surface area contributed by atoms with Gasteiger partial charge in [-0.25, -0.2) is 0 Å². The van der Waals surface area contributed by atoms with Crippen molar-refractivity contribution in [3.8, 4) is 5.75 Å². The number of para-hydroxylation sites is 1. The van der Waals surface area contributed by atoms with Crippen LogP contribution < -0.4 is 15.4 Å². The van der Waals surface area contributed by atoms with Gasteiger partial charge in [-0.05, 0) is 18.9 Å². The summed E-state index contributed by atoms with van der Waals surface area (Å²) in [5.74, 6) is 2.34. The van der Waals surface area contributed by atoms with E-state index in [0.717, 1.165) is 24.9 Å². The minimum absolute atomic E-state index is 0.416. The first kappa shape index (κ1) is 11.4. The van der Waals surface area contributed by atoms with E-state index in [4.69, 9.17) is 4.74 Å². The third-order valence-electron chi connectivity index (χ3n) is 3.46. The molecule has 0 aromatic heterocycles. The molecule has 4 heteroatoms. The Kier molecular flexibility index (Phi) is 3.09. The third-order valence-corrected chi connectivity index (χ3v) is 3.46. The lowest BCUT2D eigenvalue weighted by Crippen LogP contribution is -2.40. The van der Waals surface area contributed by atoms with Crippen LogP contribution in [-0.2, 0) is 0 Å². The number of nitrogens with zero attached hydrogens (tertiary/aromatic N) is 1. The average Bonchev–Trinajstić information content (AvgIpc) is 3.13. The Bertz CT molecular complexity index is 454. The number of nitrogens with one attached hydrogen (secondary N) is 2. The monoisotopic (exact) mass is 245 g/mol. The van der Waals surface area contributed by atoms with Gasteiger partial charge in [0.15, 0.2) is 5.96 Å². The van der Waals surface area contributed by atoms with Crippen LogP contribution >= 0.6 is 0 Å². The van der Waals surface area contributed by atoms with Crippen LogP contribution in [0.25, 0.3) is 0 Å². The van der Waals surface area contributed by atoms with E-state index in [1.165, 1.54) is 18.4 Å². The van der Waals surface area contributed by atoms with E-state index < -0.39 is 0 Å². The summed E-state index contributed by atoms with van der Waals surface area (Å²) in [6, 6.07) is 8.89. The summed E-state index contributed by atoms with van der Waals surface area (Å²) in [6.45, 7) is 1.62. The molecular weight excluding hydrogens is 226 g/mol. The molecule has 1 aromatic carbocycles. The predicted octanol–water partition coefficient (Wildman–Crippen LogP) is 1.49. The number of ether oxygens (including phenoxy) is 1. The molecule has 2 N–H and O–H groups in total. The molecule has 1 atom stereocenters. The molecule has 2 aliphatic rings. The summed E-state index contributed by atoms with van der Waals surface area (Å²) in [5, 5.41) is 6.77. The van der Waals surface area contributed by atoms with Crippen LogP contribution in [0.15, 0.2) is 29.3 Å². The van der Waals surface area contributed by atoms with Gasteiger partial charge in [0.2, 0.25) is 0 Å². The van der Waals surface area contributed by atoms with E-state index in [1.54, 1.807) is 0 Å². The van der Waals surface area contributed by atoms with Gasteiger partial charge in [-0.1, -0.05) is 18.2 Å². The van der Waals surface area contributed by atoms with Gasteiger partial charge in [-0.15, -0.1) is 0 Å². The highest BCUT2D eigenvalue weighted by Gasteiger charge is 2.25. The van der Waals surface area contributed by atoms with Crippen LogP contribution in [0, 0.1) is 0 Å². The highest BCUT2D eigenvalue weighted by atomic mass is 16.5. The number of hydrogen-bond donors (Lipinski definition) is 2. The zero-order valence-electron chi connectivity index (χ0n) is 10.6. The van der Waals surface area contributed by atoms with Crippen molar-refractivity contribution in [1.29, 1.82) is 0 Å². The molecule has 18 heavy (non-hydrogen) atoms. The molecule has 0 radical (unpaired) electrons. The van der Waals surface area contributed by atoms with Gasteiger partial charge >= 0.3 is 0 Å². The standard InChI is InChI=1S/C14H19N3O/c1-15-14(17-11-6-7-11)16-8-10-9-18-13-5-3-2-4-12(10)13/h2-5,10-11H,6-9H2,1H3,(H2,15,16,17). The van der Waals surface area contributed by atoms with E-state index in [1.807, 2.05) is 19.2 Å². The summed E-state index contributed by atoms with van der Waals surface area (Å²) < 4.78 is 5.67. The van der Waals surface area contributed by atoms with Crippen molar-refractivity contribution in [3.63, 3.8) is 0 Å². The zero-order valence-corrected chi connectivity index (χ0v) is 10.6. The zero-order chi connectivity index (χ0) is 12.4. The Labute approximate surface area is 107 Å². The Morgan fingerprint density at radius 1 is 1.39 bits per heavy atom. The van der Waals surface area contributed by atoms with E-state index >= 15 is 0 Å². The van der Waals surface area contributed by atoms with E-state index in [0.29, 0.717) is 12.0 Å². The smallest absolute Gasteiger partial charge is 0.191 e. The number of aliphatic imine (C=N–C) groups is 1. The van der Waals surface area contributed by atoms with Gasteiger partial charge < -0.3 is 15.4 Å². The lowest BCUT2D eigenvalue weighted by atomic mass is 10.0. The number of benzene rings is 1. The fourth-order valence-electron chi connectivity index (χ4n) is 2.23. The fourth-order valence-corrected chi connectivity index (χ4v) is 2.23. The van der Waals surface area contributed by atoms with Crippen LogP contribution in [0.1, 0.15) is 24.3 Å². The largest absolute Gasteiger partial charge is 0.493 e. The van der Waals surface area contributed by atoms with Gasteiger partial charge in [0.05, 0.1) is 6.61 Å². The Balaban J connectivity index is 1.57. The molecule has 1 fully saturated rings.